The number of hydrogen-bond donors (Lipinski definition) is 1. The maximum absolute atomic E-state index is 12.4. The molecule has 1 saturated heterocycles. The standard InChI is InChI=1S/C16H22N4O2/c1-12-3-6-19(7-4-12)9-13(21)10-20-11-18-15-8-17-5-2-14(15)16(20)22/h2,5,8,11-13,21H,3-4,6-7,9-10H2,1H3. The predicted molar refractivity (Wildman–Crippen MR) is 84.6 cm³/mol. The van der Waals surface area contributed by atoms with Gasteiger partial charge in [-0.15, -0.1) is 0 Å². The van der Waals surface area contributed by atoms with Gasteiger partial charge in [-0.1, -0.05) is 6.92 Å². The van der Waals surface area contributed by atoms with Crippen molar-refractivity contribution in [2.45, 2.75) is 32.4 Å². The summed E-state index contributed by atoms with van der Waals surface area (Å²) in [4.78, 5) is 22.8. The molecular weight excluding hydrogens is 280 g/mol. The van der Waals surface area contributed by atoms with Crippen LogP contribution in [0.1, 0.15) is 19.8 Å². The first-order chi connectivity index (χ1) is 10.6. The molecule has 0 saturated carbocycles. The molecule has 22 heavy (non-hydrogen) atoms. The fourth-order valence-electron chi connectivity index (χ4n) is 2.97. The Kier molecular flexibility index (Phi) is 4.49. The van der Waals surface area contributed by atoms with Gasteiger partial charge < -0.3 is 10.0 Å². The summed E-state index contributed by atoms with van der Waals surface area (Å²) >= 11 is 0. The van der Waals surface area contributed by atoms with Gasteiger partial charge in [0.05, 0.1) is 36.1 Å². The number of rotatable bonds is 4. The zero-order valence-corrected chi connectivity index (χ0v) is 12.9. The van der Waals surface area contributed by atoms with Gasteiger partial charge in [0, 0.05) is 12.7 Å². The Balaban J connectivity index is 1.67. The molecule has 1 aliphatic rings. The first kappa shape index (κ1) is 15.1. The van der Waals surface area contributed by atoms with Crippen LogP contribution in [0.2, 0.25) is 0 Å². The lowest BCUT2D eigenvalue weighted by atomic mass is 9.99. The molecule has 0 spiro atoms. The molecule has 3 heterocycles. The summed E-state index contributed by atoms with van der Waals surface area (Å²) in [5, 5.41) is 10.8. The summed E-state index contributed by atoms with van der Waals surface area (Å²) in [5.74, 6) is 0.773. The third-order valence-electron chi connectivity index (χ3n) is 4.38. The van der Waals surface area contributed by atoms with E-state index in [1.807, 2.05) is 0 Å². The molecule has 1 aliphatic heterocycles. The van der Waals surface area contributed by atoms with Gasteiger partial charge in [0.2, 0.25) is 0 Å². The Morgan fingerprint density at radius 3 is 2.91 bits per heavy atom. The summed E-state index contributed by atoms with van der Waals surface area (Å²) in [5.41, 5.74) is 0.460. The van der Waals surface area contributed by atoms with Crippen LogP contribution in [0.4, 0.5) is 0 Å². The van der Waals surface area contributed by atoms with E-state index in [4.69, 9.17) is 0 Å². The SMILES string of the molecule is CC1CCN(CC(O)Cn2cnc3cnccc3c2=O)CC1. The highest BCUT2D eigenvalue weighted by Gasteiger charge is 2.19. The van der Waals surface area contributed by atoms with Gasteiger partial charge in [-0.25, -0.2) is 4.98 Å². The van der Waals surface area contributed by atoms with Gasteiger partial charge in [0.15, 0.2) is 0 Å². The van der Waals surface area contributed by atoms with Crippen LogP contribution in [-0.4, -0.2) is 50.3 Å². The number of aliphatic hydroxyl groups excluding tert-OH is 1. The van der Waals surface area contributed by atoms with E-state index in [2.05, 4.69) is 21.8 Å². The van der Waals surface area contributed by atoms with Crippen molar-refractivity contribution in [1.82, 2.24) is 19.4 Å². The van der Waals surface area contributed by atoms with E-state index >= 15 is 0 Å². The number of nitrogens with zero attached hydrogens (tertiary/aromatic N) is 4. The van der Waals surface area contributed by atoms with Gasteiger partial charge in [-0.2, -0.15) is 0 Å². The summed E-state index contributed by atoms with van der Waals surface area (Å²) < 4.78 is 1.49. The lowest BCUT2D eigenvalue weighted by Gasteiger charge is -2.31. The van der Waals surface area contributed by atoms with Gasteiger partial charge in [0.1, 0.15) is 0 Å². The first-order valence-corrected chi connectivity index (χ1v) is 7.83. The number of piperidine rings is 1. The maximum Gasteiger partial charge on any atom is 0.261 e. The van der Waals surface area contributed by atoms with Crippen LogP contribution in [0.25, 0.3) is 10.9 Å². The Morgan fingerprint density at radius 1 is 1.36 bits per heavy atom. The van der Waals surface area contributed by atoms with E-state index in [1.54, 1.807) is 18.5 Å². The average Bonchev–Trinajstić information content (AvgIpc) is 2.53. The van der Waals surface area contributed by atoms with Crippen molar-refractivity contribution in [2.75, 3.05) is 19.6 Å². The molecule has 1 atom stereocenters. The largest absolute Gasteiger partial charge is 0.390 e. The molecule has 1 unspecified atom stereocenters. The van der Waals surface area contributed by atoms with Crippen LogP contribution in [0.3, 0.4) is 0 Å². The van der Waals surface area contributed by atoms with Crippen LogP contribution in [0, 0.1) is 5.92 Å². The number of hydrogen-bond acceptors (Lipinski definition) is 5. The van der Waals surface area contributed by atoms with Crippen molar-refractivity contribution >= 4 is 10.9 Å². The van der Waals surface area contributed by atoms with Crippen molar-refractivity contribution in [3.63, 3.8) is 0 Å². The van der Waals surface area contributed by atoms with E-state index in [0.717, 1.165) is 19.0 Å². The zero-order valence-electron chi connectivity index (χ0n) is 12.9. The molecule has 3 rings (SSSR count). The van der Waals surface area contributed by atoms with E-state index in [9.17, 15) is 9.90 Å². The van der Waals surface area contributed by atoms with Crippen molar-refractivity contribution in [1.29, 1.82) is 0 Å². The molecule has 0 amide bonds. The minimum absolute atomic E-state index is 0.126. The Labute approximate surface area is 129 Å². The molecule has 1 N–H and O–H groups in total. The number of fused-ring (bicyclic) bond motifs is 1. The third kappa shape index (κ3) is 3.34. The summed E-state index contributed by atoms with van der Waals surface area (Å²) in [6, 6.07) is 1.67. The molecule has 2 aromatic heterocycles. The van der Waals surface area contributed by atoms with Crippen molar-refractivity contribution < 1.29 is 5.11 Å². The Morgan fingerprint density at radius 2 is 2.14 bits per heavy atom. The molecule has 2 aromatic rings. The smallest absolute Gasteiger partial charge is 0.261 e. The molecule has 0 bridgehead atoms. The molecule has 6 heteroatoms. The second kappa shape index (κ2) is 6.54. The number of β-amino-alcohol motifs (C(OH)–C–C–N with tert-alkyl or cyclic N) is 1. The molecular formula is C16H22N4O2. The molecule has 1 fully saturated rings. The molecule has 118 valence electrons. The lowest BCUT2D eigenvalue weighted by molar-refractivity contribution is 0.0794. The highest BCUT2D eigenvalue weighted by Crippen LogP contribution is 2.16. The van der Waals surface area contributed by atoms with Crippen molar-refractivity contribution in [3.05, 3.63) is 35.1 Å². The quantitative estimate of drug-likeness (QED) is 0.908. The van der Waals surface area contributed by atoms with Crippen LogP contribution in [0.15, 0.2) is 29.6 Å². The minimum Gasteiger partial charge on any atom is -0.390 e. The predicted octanol–water partition coefficient (Wildman–Crippen LogP) is 0.884. The monoisotopic (exact) mass is 302 g/mol. The van der Waals surface area contributed by atoms with Crippen molar-refractivity contribution in [3.8, 4) is 0 Å². The second-order valence-corrected chi connectivity index (χ2v) is 6.23. The van der Waals surface area contributed by atoms with Crippen LogP contribution in [-0.2, 0) is 6.54 Å². The zero-order chi connectivity index (χ0) is 15.5. The maximum atomic E-state index is 12.4. The highest BCUT2D eigenvalue weighted by molar-refractivity contribution is 5.75. The lowest BCUT2D eigenvalue weighted by Crippen LogP contribution is -2.40. The van der Waals surface area contributed by atoms with Gasteiger partial charge in [0.25, 0.3) is 5.56 Å². The van der Waals surface area contributed by atoms with E-state index < -0.39 is 6.10 Å². The molecule has 0 radical (unpaired) electrons. The molecule has 0 aromatic carbocycles. The number of likely N-dealkylation sites (tertiary alicyclic amines) is 1. The summed E-state index contributed by atoms with van der Waals surface area (Å²) in [6.45, 7) is 5.19. The number of aliphatic hydroxyl groups is 1. The second-order valence-electron chi connectivity index (χ2n) is 6.23. The van der Waals surface area contributed by atoms with Crippen LogP contribution in [0.5, 0.6) is 0 Å². The number of aromatic nitrogens is 3. The fourth-order valence-corrected chi connectivity index (χ4v) is 2.97. The Bertz CT molecular complexity index is 692. The average molecular weight is 302 g/mol. The van der Waals surface area contributed by atoms with E-state index in [0.29, 0.717) is 17.4 Å². The van der Waals surface area contributed by atoms with E-state index in [1.165, 1.54) is 23.7 Å². The number of pyridine rings is 1. The van der Waals surface area contributed by atoms with Gasteiger partial charge in [-0.05, 0) is 37.9 Å². The van der Waals surface area contributed by atoms with Crippen LogP contribution >= 0.6 is 0 Å². The van der Waals surface area contributed by atoms with E-state index in [-0.39, 0.29) is 12.1 Å². The third-order valence-corrected chi connectivity index (χ3v) is 4.38. The summed E-state index contributed by atoms with van der Waals surface area (Å²) in [7, 11) is 0. The highest BCUT2D eigenvalue weighted by atomic mass is 16.3. The fraction of sp³-hybridized carbons (Fsp3) is 0.562. The Hall–Kier alpha value is -1.79. The first-order valence-electron chi connectivity index (χ1n) is 7.83. The molecule has 6 nitrogen and oxygen atoms in total. The minimum atomic E-state index is -0.563. The molecule has 0 aliphatic carbocycles. The summed E-state index contributed by atoms with van der Waals surface area (Å²) in [6.07, 6.45) is 6.45. The normalized spacial score (nSPS) is 18.6. The van der Waals surface area contributed by atoms with Gasteiger partial charge in [-0.3, -0.25) is 14.3 Å². The van der Waals surface area contributed by atoms with Crippen LogP contribution < -0.4 is 5.56 Å². The topological polar surface area (TPSA) is 71.2 Å². The van der Waals surface area contributed by atoms with Gasteiger partial charge >= 0.3 is 0 Å². The van der Waals surface area contributed by atoms with Crippen molar-refractivity contribution in [2.24, 2.45) is 5.92 Å².